The van der Waals surface area contributed by atoms with Gasteiger partial charge in [-0.2, -0.15) is 0 Å². The number of carbonyl (C=O) groups excluding carboxylic acids is 1. The molecule has 0 aromatic heterocycles. The zero-order valence-corrected chi connectivity index (χ0v) is 9.95. The second-order valence-corrected chi connectivity index (χ2v) is 5.26. The van der Waals surface area contributed by atoms with Gasteiger partial charge >= 0.3 is 12.1 Å². The van der Waals surface area contributed by atoms with E-state index in [0.717, 1.165) is 0 Å². The number of aliphatic carboxylic acids is 1. The average molecular weight is 229 g/mol. The van der Waals surface area contributed by atoms with Crippen LogP contribution in [0.1, 0.15) is 33.6 Å². The Balaban J connectivity index is 2.13. The second-order valence-electron chi connectivity index (χ2n) is 5.26. The van der Waals surface area contributed by atoms with Crippen molar-refractivity contribution < 1.29 is 19.4 Å². The number of rotatable bonds is 3. The highest BCUT2D eigenvalue weighted by Gasteiger charge is 2.34. The molecular weight excluding hydrogens is 210 g/mol. The topological polar surface area (TPSA) is 75.6 Å². The molecule has 0 radical (unpaired) electrons. The quantitative estimate of drug-likeness (QED) is 0.771. The molecule has 0 atom stereocenters. The molecule has 0 aromatic rings. The third kappa shape index (κ3) is 4.08. The highest BCUT2D eigenvalue weighted by molar-refractivity contribution is 5.71. The third-order valence-corrected chi connectivity index (χ3v) is 2.52. The number of alkyl carbamates (subject to hydrolysis) is 1. The normalized spacial score (nSPS) is 24.4. The standard InChI is InChI=1S/C11H19NO4/c1-11(2,3)16-10(15)12-6-7-4-8(5-7)9(13)14/h7-8H,4-6H2,1-3H3,(H,12,15)(H,13,14)/t7-,8-. The molecule has 0 unspecified atom stereocenters. The number of carbonyl (C=O) groups is 2. The Morgan fingerprint density at radius 1 is 1.38 bits per heavy atom. The summed E-state index contributed by atoms with van der Waals surface area (Å²) >= 11 is 0. The zero-order valence-electron chi connectivity index (χ0n) is 9.95. The Kier molecular flexibility index (Phi) is 3.78. The summed E-state index contributed by atoms with van der Waals surface area (Å²) in [5, 5.41) is 11.3. The fourth-order valence-corrected chi connectivity index (χ4v) is 1.65. The molecule has 5 heteroatoms. The van der Waals surface area contributed by atoms with E-state index in [1.54, 1.807) is 20.8 Å². The number of hydrogen-bond acceptors (Lipinski definition) is 3. The van der Waals surface area contributed by atoms with Crippen molar-refractivity contribution in [3.05, 3.63) is 0 Å². The Hall–Kier alpha value is -1.26. The van der Waals surface area contributed by atoms with Gasteiger partial charge in [0, 0.05) is 6.54 Å². The van der Waals surface area contributed by atoms with Crippen LogP contribution in [0.3, 0.4) is 0 Å². The summed E-state index contributed by atoms with van der Waals surface area (Å²) in [7, 11) is 0. The van der Waals surface area contributed by atoms with Crippen molar-refractivity contribution in [2.75, 3.05) is 6.54 Å². The van der Waals surface area contributed by atoms with Gasteiger partial charge < -0.3 is 15.2 Å². The van der Waals surface area contributed by atoms with E-state index in [2.05, 4.69) is 5.32 Å². The van der Waals surface area contributed by atoms with Crippen molar-refractivity contribution in [1.82, 2.24) is 5.32 Å². The molecule has 0 bridgehead atoms. The minimum absolute atomic E-state index is 0.231. The van der Waals surface area contributed by atoms with Gasteiger partial charge in [-0.15, -0.1) is 0 Å². The summed E-state index contributed by atoms with van der Waals surface area (Å²) in [5.41, 5.74) is -0.493. The molecule has 1 rings (SSSR count). The predicted octanol–water partition coefficient (Wildman–Crippen LogP) is 1.62. The van der Waals surface area contributed by atoms with Crippen LogP contribution in [0.2, 0.25) is 0 Å². The van der Waals surface area contributed by atoms with Crippen molar-refractivity contribution >= 4 is 12.1 Å². The molecule has 5 nitrogen and oxygen atoms in total. The van der Waals surface area contributed by atoms with Gasteiger partial charge in [0.25, 0.3) is 0 Å². The molecule has 1 aliphatic rings. The largest absolute Gasteiger partial charge is 0.481 e. The number of carboxylic acids is 1. The van der Waals surface area contributed by atoms with Gasteiger partial charge in [0.05, 0.1) is 5.92 Å². The number of ether oxygens (including phenoxy) is 1. The molecule has 1 saturated carbocycles. The maximum atomic E-state index is 11.3. The number of carboxylic acid groups (broad SMARTS) is 1. The monoisotopic (exact) mass is 229 g/mol. The van der Waals surface area contributed by atoms with Crippen LogP contribution in [0.4, 0.5) is 4.79 Å². The zero-order chi connectivity index (χ0) is 12.3. The van der Waals surface area contributed by atoms with Gasteiger partial charge in [-0.1, -0.05) is 0 Å². The minimum atomic E-state index is -0.742. The molecule has 0 aliphatic heterocycles. The summed E-state index contributed by atoms with van der Waals surface area (Å²) in [4.78, 5) is 21.8. The second kappa shape index (κ2) is 4.72. The lowest BCUT2D eigenvalue weighted by Crippen LogP contribution is -2.40. The van der Waals surface area contributed by atoms with Crippen molar-refractivity contribution in [2.45, 2.75) is 39.2 Å². The van der Waals surface area contributed by atoms with E-state index < -0.39 is 17.7 Å². The fourth-order valence-electron chi connectivity index (χ4n) is 1.65. The Morgan fingerprint density at radius 3 is 2.38 bits per heavy atom. The molecule has 0 spiro atoms. The van der Waals surface area contributed by atoms with Crippen LogP contribution >= 0.6 is 0 Å². The molecule has 16 heavy (non-hydrogen) atoms. The highest BCUT2D eigenvalue weighted by Crippen LogP contribution is 2.33. The van der Waals surface area contributed by atoms with Crippen molar-refractivity contribution in [3.63, 3.8) is 0 Å². The summed E-state index contributed by atoms with van der Waals surface area (Å²) < 4.78 is 5.06. The van der Waals surface area contributed by atoms with Crippen LogP contribution in [0.25, 0.3) is 0 Å². The molecule has 0 heterocycles. The van der Waals surface area contributed by atoms with E-state index in [1.807, 2.05) is 0 Å². The van der Waals surface area contributed by atoms with Crippen LogP contribution in [-0.2, 0) is 9.53 Å². The molecule has 92 valence electrons. The summed E-state index contributed by atoms with van der Waals surface area (Å²) in [6.07, 6.45) is 0.849. The van der Waals surface area contributed by atoms with Crippen LogP contribution in [0.5, 0.6) is 0 Å². The highest BCUT2D eigenvalue weighted by atomic mass is 16.6. The SMILES string of the molecule is CC(C)(C)OC(=O)NC[C@H]1C[C@H](C(=O)O)C1. The molecular formula is C11H19NO4. The Bertz CT molecular complexity index is 276. The van der Waals surface area contributed by atoms with Gasteiger partial charge in [0.2, 0.25) is 0 Å². The Morgan fingerprint density at radius 2 is 1.94 bits per heavy atom. The first-order chi connectivity index (χ1) is 7.28. The van der Waals surface area contributed by atoms with Gasteiger partial charge in [0.15, 0.2) is 0 Å². The molecule has 1 fully saturated rings. The molecule has 1 aliphatic carbocycles. The van der Waals surface area contributed by atoms with E-state index >= 15 is 0 Å². The van der Waals surface area contributed by atoms with Crippen molar-refractivity contribution in [3.8, 4) is 0 Å². The maximum absolute atomic E-state index is 11.3. The third-order valence-electron chi connectivity index (χ3n) is 2.52. The van der Waals surface area contributed by atoms with Gasteiger partial charge in [-0.3, -0.25) is 4.79 Å². The molecule has 0 saturated heterocycles. The van der Waals surface area contributed by atoms with Crippen molar-refractivity contribution in [2.24, 2.45) is 11.8 Å². The van der Waals surface area contributed by atoms with Crippen LogP contribution in [0.15, 0.2) is 0 Å². The first-order valence-electron chi connectivity index (χ1n) is 5.47. The van der Waals surface area contributed by atoms with Crippen molar-refractivity contribution in [1.29, 1.82) is 0 Å². The minimum Gasteiger partial charge on any atom is -0.481 e. The van der Waals surface area contributed by atoms with Gasteiger partial charge in [-0.25, -0.2) is 4.79 Å². The van der Waals surface area contributed by atoms with E-state index in [1.165, 1.54) is 0 Å². The Labute approximate surface area is 95.2 Å². The lowest BCUT2D eigenvalue weighted by Gasteiger charge is -2.32. The molecule has 0 aromatic carbocycles. The maximum Gasteiger partial charge on any atom is 0.407 e. The van der Waals surface area contributed by atoms with Crippen LogP contribution < -0.4 is 5.32 Å². The van der Waals surface area contributed by atoms with E-state index in [-0.39, 0.29) is 11.8 Å². The summed E-state index contributed by atoms with van der Waals surface area (Å²) in [5.74, 6) is -0.701. The lowest BCUT2D eigenvalue weighted by molar-refractivity contribution is -0.146. The number of nitrogens with one attached hydrogen (secondary N) is 1. The van der Waals surface area contributed by atoms with Crippen LogP contribution in [-0.4, -0.2) is 29.3 Å². The first kappa shape index (κ1) is 12.8. The molecule has 1 amide bonds. The smallest absolute Gasteiger partial charge is 0.407 e. The fraction of sp³-hybridized carbons (Fsp3) is 0.818. The summed E-state index contributed by atoms with van der Waals surface area (Å²) in [6.45, 7) is 5.90. The predicted molar refractivity (Wildman–Crippen MR) is 58.1 cm³/mol. The van der Waals surface area contributed by atoms with Crippen LogP contribution in [0, 0.1) is 11.8 Å². The average Bonchev–Trinajstić information content (AvgIpc) is 1.96. The molecule has 2 N–H and O–H groups in total. The number of hydrogen-bond donors (Lipinski definition) is 2. The summed E-state index contributed by atoms with van der Waals surface area (Å²) in [6, 6.07) is 0. The number of amides is 1. The van der Waals surface area contributed by atoms with Gasteiger partial charge in [0.1, 0.15) is 5.60 Å². The van der Waals surface area contributed by atoms with E-state index in [9.17, 15) is 9.59 Å². The first-order valence-corrected chi connectivity index (χ1v) is 5.47. The van der Waals surface area contributed by atoms with Gasteiger partial charge in [-0.05, 0) is 39.5 Å². The lowest BCUT2D eigenvalue weighted by atomic mass is 9.75. The van der Waals surface area contributed by atoms with E-state index in [0.29, 0.717) is 19.4 Å². The van der Waals surface area contributed by atoms with E-state index in [4.69, 9.17) is 9.84 Å².